The van der Waals surface area contributed by atoms with Crippen molar-refractivity contribution in [1.29, 1.82) is 0 Å². The van der Waals surface area contributed by atoms with E-state index in [9.17, 15) is 4.79 Å². The molecule has 1 aliphatic heterocycles. The highest BCUT2D eigenvalue weighted by molar-refractivity contribution is 6.31. The predicted molar refractivity (Wildman–Crippen MR) is 78.9 cm³/mol. The number of amides is 1. The Morgan fingerprint density at radius 2 is 2.10 bits per heavy atom. The second-order valence-electron chi connectivity index (χ2n) is 5.95. The molecule has 0 spiro atoms. The molecule has 0 aromatic heterocycles. The van der Waals surface area contributed by atoms with Gasteiger partial charge in [-0.1, -0.05) is 29.8 Å². The lowest BCUT2D eigenvalue weighted by molar-refractivity contribution is -0.144. The Bertz CT molecular complexity index is 519. The summed E-state index contributed by atoms with van der Waals surface area (Å²) in [7, 11) is 0. The van der Waals surface area contributed by atoms with E-state index >= 15 is 0 Å². The molecule has 1 heterocycles. The molecule has 4 unspecified atom stereocenters. The zero-order valence-electron chi connectivity index (χ0n) is 11.9. The van der Waals surface area contributed by atoms with Crippen molar-refractivity contribution in [2.24, 2.45) is 5.92 Å². The molecular weight excluding hydrogens is 274 g/mol. The topological polar surface area (TPSA) is 29.5 Å². The number of carbonyl (C=O) groups excluding carboxylic acids is 1. The average Bonchev–Trinajstić information content (AvgIpc) is 3.21. The molecule has 1 saturated carbocycles. The summed E-state index contributed by atoms with van der Waals surface area (Å²) < 4.78 is 5.59. The number of nitrogens with zero attached hydrogens (tertiary/aromatic N) is 1. The molecule has 1 aliphatic carbocycles. The summed E-state index contributed by atoms with van der Waals surface area (Å²) in [5, 5.41) is 0.774. The van der Waals surface area contributed by atoms with Crippen LogP contribution in [0.1, 0.15) is 31.7 Å². The molecule has 2 aliphatic rings. The maximum atomic E-state index is 12.6. The van der Waals surface area contributed by atoms with E-state index in [0.717, 1.165) is 17.0 Å². The van der Waals surface area contributed by atoms with Gasteiger partial charge in [-0.05, 0) is 37.8 Å². The number of ether oxygens (including phenoxy) is 1. The lowest BCUT2D eigenvalue weighted by Gasteiger charge is -2.37. The van der Waals surface area contributed by atoms with E-state index in [0.29, 0.717) is 19.1 Å². The molecule has 0 bridgehead atoms. The van der Waals surface area contributed by atoms with E-state index in [1.54, 1.807) is 0 Å². The summed E-state index contributed by atoms with van der Waals surface area (Å²) in [6.07, 6.45) is 1.05. The van der Waals surface area contributed by atoms with Crippen molar-refractivity contribution in [1.82, 2.24) is 4.90 Å². The first-order valence-corrected chi connectivity index (χ1v) is 7.62. The molecule has 2 fully saturated rings. The highest BCUT2D eigenvalue weighted by Gasteiger charge is 2.47. The molecule has 0 radical (unpaired) electrons. The molecule has 0 N–H and O–H groups in total. The smallest absolute Gasteiger partial charge is 0.226 e. The van der Waals surface area contributed by atoms with Crippen LogP contribution in [0.4, 0.5) is 0 Å². The summed E-state index contributed by atoms with van der Waals surface area (Å²) >= 11 is 6.22. The monoisotopic (exact) mass is 293 g/mol. The van der Waals surface area contributed by atoms with Crippen LogP contribution in [0.25, 0.3) is 0 Å². The highest BCUT2D eigenvalue weighted by Crippen LogP contribution is 2.50. The fourth-order valence-corrected chi connectivity index (χ4v) is 3.29. The molecule has 4 heteroatoms. The van der Waals surface area contributed by atoms with Crippen LogP contribution in [0.5, 0.6) is 0 Å². The van der Waals surface area contributed by atoms with Gasteiger partial charge in [0.15, 0.2) is 0 Å². The maximum Gasteiger partial charge on any atom is 0.226 e. The van der Waals surface area contributed by atoms with Gasteiger partial charge in [0.25, 0.3) is 0 Å². The van der Waals surface area contributed by atoms with E-state index in [1.165, 1.54) is 0 Å². The number of halogens is 1. The highest BCUT2D eigenvalue weighted by atomic mass is 35.5. The molecule has 1 aromatic rings. The molecule has 108 valence electrons. The molecule has 3 nitrogen and oxygen atoms in total. The first-order valence-electron chi connectivity index (χ1n) is 7.24. The second kappa shape index (κ2) is 5.38. The Hall–Kier alpha value is -1.06. The van der Waals surface area contributed by atoms with Crippen LogP contribution in [0, 0.1) is 5.92 Å². The van der Waals surface area contributed by atoms with Gasteiger partial charge in [0, 0.05) is 17.5 Å². The van der Waals surface area contributed by atoms with Crippen LogP contribution in [-0.4, -0.2) is 36.1 Å². The van der Waals surface area contributed by atoms with E-state index < -0.39 is 0 Å². The standard InChI is InChI=1S/C16H20ClNO2/c1-10-9-20-11(2)8-18(10)16(19)14-7-13(14)12-5-3-4-6-15(12)17/h3-6,10-11,13-14H,7-9H2,1-2H3. The first-order chi connectivity index (χ1) is 9.58. The number of carbonyl (C=O) groups is 1. The second-order valence-corrected chi connectivity index (χ2v) is 6.36. The van der Waals surface area contributed by atoms with Gasteiger partial charge < -0.3 is 9.64 Å². The van der Waals surface area contributed by atoms with Gasteiger partial charge in [-0.15, -0.1) is 0 Å². The van der Waals surface area contributed by atoms with Crippen molar-refractivity contribution in [3.63, 3.8) is 0 Å². The fraction of sp³-hybridized carbons (Fsp3) is 0.562. The number of hydrogen-bond acceptors (Lipinski definition) is 2. The number of benzene rings is 1. The van der Waals surface area contributed by atoms with Gasteiger partial charge in [0.2, 0.25) is 5.91 Å². The van der Waals surface area contributed by atoms with Crippen LogP contribution in [0.3, 0.4) is 0 Å². The lowest BCUT2D eigenvalue weighted by Crippen LogP contribution is -2.50. The third kappa shape index (κ3) is 2.57. The predicted octanol–water partition coefficient (Wildman–Crippen LogP) is 3.08. The van der Waals surface area contributed by atoms with E-state index in [4.69, 9.17) is 16.3 Å². The Morgan fingerprint density at radius 1 is 1.35 bits per heavy atom. The molecule has 1 aromatic carbocycles. The van der Waals surface area contributed by atoms with Crippen LogP contribution in [-0.2, 0) is 9.53 Å². The van der Waals surface area contributed by atoms with Gasteiger partial charge in [-0.2, -0.15) is 0 Å². The van der Waals surface area contributed by atoms with Crippen molar-refractivity contribution in [3.05, 3.63) is 34.9 Å². The Labute approximate surface area is 124 Å². The van der Waals surface area contributed by atoms with Crippen LogP contribution in [0.15, 0.2) is 24.3 Å². The van der Waals surface area contributed by atoms with Gasteiger partial charge in [0.1, 0.15) is 0 Å². The molecule has 1 saturated heterocycles. The summed E-state index contributed by atoms with van der Waals surface area (Å²) in [4.78, 5) is 14.6. The van der Waals surface area contributed by atoms with E-state index in [1.807, 2.05) is 36.1 Å². The minimum atomic E-state index is 0.0997. The lowest BCUT2D eigenvalue weighted by atomic mass is 10.1. The van der Waals surface area contributed by atoms with Crippen LogP contribution >= 0.6 is 11.6 Å². The van der Waals surface area contributed by atoms with Crippen molar-refractivity contribution in [3.8, 4) is 0 Å². The molecule has 1 amide bonds. The summed E-state index contributed by atoms with van der Waals surface area (Å²) in [6.45, 7) is 5.41. The van der Waals surface area contributed by atoms with Crippen molar-refractivity contribution in [2.75, 3.05) is 13.2 Å². The first kappa shape index (κ1) is 13.9. The third-order valence-electron chi connectivity index (χ3n) is 4.30. The van der Waals surface area contributed by atoms with Gasteiger partial charge in [-0.25, -0.2) is 0 Å². The summed E-state index contributed by atoms with van der Waals surface area (Å²) in [6, 6.07) is 8.02. The molecule has 4 atom stereocenters. The van der Waals surface area contributed by atoms with Gasteiger partial charge >= 0.3 is 0 Å². The van der Waals surface area contributed by atoms with Crippen LogP contribution < -0.4 is 0 Å². The fourth-order valence-electron chi connectivity index (χ4n) is 3.01. The van der Waals surface area contributed by atoms with Crippen LogP contribution in [0.2, 0.25) is 5.02 Å². The van der Waals surface area contributed by atoms with Gasteiger partial charge in [0.05, 0.1) is 18.8 Å². The molecular formula is C16H20ClNO2. The quantitative estimate of drug-likeness (QED) is 0.839. The Morgan fingerprint density at radius 3 is 2.85 bits per heavy atom. The number of rotatable bonds is 2. The zero-order valence-corrected chi connectivity index (χ0v) is 12.6. The van der Waals surface area contributed by atoms with E-state index in [-0.39, 0.29) is 24.0 Å². The average molecular weight is 294 g/mol. The Kier molecular flexibility index (Phi) is 3.74. The van der Waals surface area contributed by atoms with Crippen molar-refractivity contribution >= 4 is 17.5 Å². The number of morpholine rings is 1. The van der Waals surface area contributed by atoms with Gasteiger partial charge in [-0.3, -0.25) is 4.79 Å². The molecule has 3 rings (SSSR count). The SMILES string of the molecule is CC1CN(C(=O)C2CC2c2ccccc2Cl)C(C)CO1. The summed E-state index contributed by atoms with van der Waals surface area (Å²) in [5.41, 5.74) is 1.11. The molecule has 20 heavy (non-hydrogen) atoms. The minimum Gasteiger partial charge on any atom is -0.375 e. The minimum absolute atomic E-state index is 0.0997. The largest absolute Gasteiger partial charge is 0.375 e. The Balaban J connectivity index is 1.70. The number of hydrogen-bond donors (Lipinski definition) is 0. The normalized spacial score (nSPS) is 33.0. The summed E-state index contributed by atoms with van der Waals surface area (Å²) in [5.74, 6) is 0.654. The van der Waals surface area contributed by atoms with Crippen molar-refractivity contribution in [2.45, 2.75) is 38.3 Å². The van der Waals surface area contributed by atoms with Crippen molar-refractivity contribution < 1.29 is 9.53 Å². The maximum absolute atomic E-state index is 12.6. The van der Waals surface area contributed by atoms with E-state index in [2.05, 4.69) is 6.92 Å². The zero-order chi connectivity index (χ0) is 14.3. The third-order valence-corrected chi connectivity index (χ3v) is 4.65.